The number of nitrogens with zero attached hydrogens (tertiary/aromatic N) is 1. The minimum Gasteiger partial charge on any atom is -0.356 e. The molecule has 2 nitrogen and oxygen atoms in total. The first-order valence-corrected chi connectivity index (χ1v) is 4.81. The summed E-state index contributed by atoms with van der Waals surface area (Å²) in [6.45, 7) is 7.87. The van der Waals surface area contributed by atoms with Gasteiger partial charge in [-0.3, -0.25) is 0 Å². The van der Waals surface area contributed by atoms with Gasteiger partial charge in [0.1, 0.15) is 5.44 Å². The van der Waals surface area contributed by atoms with Crippen molar-refractivity contribution in [3.8, 4) is 0 Å². The molecule has 0 saturated heterocycles. The molecule has 1 heterocycles. The third-order valence-corrected chi connectivity index (χ3v) is 2.33. The Labute approximate surface area is 80.9 Å². The van der Waals surface area contributed by atoms with Crippen LogP contribution in [-0.4, -0.2) is 5.16 Å². The van der Waals surface area contributed by atoms with Crippen molar-refractivity contribution in [3.05, 3.63) is 23.5 Å². The molecule has 0 spiro atoms. The lowest BCUT2D eigenvalue weighted by Gasteiger charge is -1.94. The predicted molar refractivity (Wildman–Crippen MR) is 59.9 cm³/mol. The van der Waals surface area contributed by atoms with E-state index in [9.17, 15) is 0 Å². The second-order valence-electron chi connectivity index (χ2n) is 2.89. The maximum Gasteiger partial charge on any atom is 0.166 e. The Morgan fingerprint density at radius 2 is 2.38 bits per heavy atom. The van der Waals surface area contributed by atoms with Gasteiger partial charge >= 0.3 is 0 Å². The van der Waals surface area contributed by atoms with E-state index in [-0.39, 0.29) is 0 Å². The second-order valence-corrected chi connectivity index (χ2v) is 3.44. The molecule has 0 bridgehead atoms. The first-order chi connectivity index (χ1) is 6.19. The van der Waals surface area contributed by atoms with Crippen molar-refractivity contribution < 1.29 is 4.52 Å². The van der Waals surface area contributed by atoms with Gasteiger partial charge < -0.3 is 4.52 Å². The zero-order chi connectivity index (χ0) is 9.84. The number of allylic oxidation sites excluding steroid dienone is 1. The zero-order valence-corrected chi connectivity index (χ0v) is 9.16. The van der Waals surface area contributed by atoms with Gasteiger partial charge in [-0.2, -0.15) is 0 Å². The van der Waals surface area contributed by atoms with Crippen LogP contribution in [0.1, 0.15) is 31.6 Å². The summed E-state index contributed by atoms with van der Waals surface area (Å²) in [5, 5.41) is 3.85. The molecular formula is C10H14NOP. The molecule has 0 radical (unpaired) electrons. The smallest absolute Gasteiger partial charge is 0.166 e. The number of hydrogen-bond donors (Lipinski definition) is 0. The van der Waals surface area contributed by atoms with E-state index >= 15 is 0 Å². The van der Waals surface area contributed by atoms with E-state index in [0.717, 1.165) is 23.2 Å². The second kappa shape index (κ2) is 4.38. The summed E-state index contributed by atoms with van der Waals surface area (Å²) in [4.78, 5) is 0. The maximum atomic E-state index is 5.06. The van der Waals surface area contributed by atoms with Gasteiger partial charge in [-0.1, -0.05) is 33.5 Å². The van der Waals surface area contributed by atoms with Crippen LogP contribution < -0.4 is 5.44 Å². The molecule has 0 amide bonds. The molecule has 3 heteroatoms. The van der Waals surface area contributed by atoms with Gasteiger partial charge in [0.25, 0.3) is 0 Å². The Hall–Kier alpha value is -0.880. The third kappa shape index (κ3) is 2.28. The Morgan fingerprint density at radius 3 is 2.92 bits per heavy atom. The minimum absolute atomic E-state index is 0.734. The molecule has 13 heavy (non-hydrogen) atoms. The van der Waals surface area contributed by atoms with E-state index in [1.54, 1.807) is 6.08 Å². The van der Waals surface area contributed by atoms with Crippen molar-refractivity contribution in [2.75, 3.05) is 0 Å². The topological polar surface area (TPSA) is 26.0 Å². The highest BCUT2D eigenvalue weighted by Gasteiger charge is 2.06. The van der Waals surface area contributed by atoms with E-state index in [1.165, 1.54) is 5.57 Å². The van der Waals surface area contributed by atoms with Gasteiger partial charge in [-0.05, 0) is 25.5 Å². The Morgan fingerprint density at radius 1 is 1.69 bits per heavy atom. The molecule has 0 aliphatic heterocycles. The van der Waals surface area contributed by atoms with E-state index in [0.29, 0.717) is 0 Å². The molecule has 0 saturated carbocycles. The molecule has 0 fully saturated rings. The highest BCUT2D eigenvalue weighted by Crippen LogP contribution is 2.15. The molecule has 1 atom stereocenters. The van der Waals surface area contributed by atoms with Crippen molar-refractivity contribution >= 4 is 26.8 Å². The van der Waals surface area contributed by atoms with Crippen molar-refractivity contribution in [1.82, 2.24) is 5.16 Å². The van der Waals surface area contributed by atoms with Crippen LogP contribution in [0.3, 0.4) is 0 Å². The average Bonchev–Trinajstić information content (AvgIpc) is 2.48. The van der Waals surface area contributed by atoms with E-state index < -0.39 is 0 Å². The van der Waals surface area contributed by atoms with Crippen LogP contribution in [0.5, 0.6) is 0 Å². The minimum atomic E-state index is 0.734. The van der Waals surface area contributed by atoms with Crippen LogP contribution in [0, 0.1) is 0 Å². The molecule has 1 aromatic rings. The fraction of sp³-hybridized carbons (Fsp3) is 0.300. The monoisotopic (exact) mass is 195 g/mol. The van der Waals surface area contributed by atoms with Gasteiger partial charge in [0, 0.05) is 5.56 Å². The lowest BCUT2D eigenvalue weighted by atomic mass is 10.1. The van der Waals surface area contributed by atoms with Gasteiger partial charge in [0.15, 0.2) is 5.76 Å². The van der Waals surface area contributed by atoms with Crippen LogP contribution in [0.15, 0.2) is 16.7 Å². The number of rotatable bonds is 3. The average molecular weight is 195 g/mol. The van der Waals surface area contributed by atoms with Gasteiger partial charge in [0.05, 0.1) is 0 Å². The molecule has 1 rings (SSSR count). The first kappa shape index (κ1) is 10.2. The fourth-order valence-corrected chi connectivity index (χ4v) is 1.24. The Bertz CT molecular complexity index is 339. The standard InChI is InChI=1S/C10H14NOP/c1-4-7(3)6-8-9(5-2)12-11-10(8)13/h5-6H,2,4,13H2,1,3H3/b7-6-. The summed E-state index contributed by atoms with van der Waals surface area (Å²) in [6.07, 6.45) is 4.79. The van der Waals surface area contributed by atoms with E-state index in [4.69, 9.17) is 4.52 Å². The van der Waals surface area contributed by atoms with Crippen LogP contribution in [0.4, 0.5) is 0 Å². The molecule has 1 unspecified atom stereocenters. The molecule has 70 valence electrons. The Balaban J connectivity index is 3.11. The summed E-state index contributed by atoms with van der Waals surface area (Å²) < 4.78 is 5.06. The fourth-order valence-electron chi connectivity index (χ4n) is 0.964. The quantitative estimate of drug-likeness (QED) is 0.693. The van der Waals surface area contributed by atoms with Crippen molar-refractivity contribution in [2.45, 2.75) is 20.3 Å². The summed E-state index contributed by atoms with van der Waals surface area (Å²) in [7, 11) is 2.55. The molecule has 0 aliphatic carbocycles. The largest absolute Gasteiger partial charge is 0.356 e. The third-order valence-electron chi connectivity index (χ3n) is 1.92. The van der Waals surface area contributed by atoms with Crippen LogP contribution in [-0.2, 0) is 0 Å². The molecule has 0 N–H and O–H groups in total. The maximum absolute atomic E-state index is 5.06. The first-order valence-electron chi connectivity index (χ1n) is 4.23. The summed E-state index contributed by atoms with van der Waals surface area (Å²) in [6, 6.07) is 0. The SMILES string of the molecule is C=Cc1onc(P)c1/C=C(/C)CC. The lowest BCUT2D eigenvalue weighted by Crippen LogP contribution is -1.94. The van der Waals surface area contributed by atoms with E-state index in [2.05, 4.69) is 40.9 Å². The van der Waals surface area contributed by atoms with Crippen LogP contribution in [0.25, 0.3) is 12.2 Å². The molecular weight excluding hydrogens is 181 g/mol. The Kier molecular flexibility index (Phi) is 3.44. The predicted octanol–water partition coefficient (Wildman–Crippen LogP) is 2.63. The van der Waals surface area contributed by atoms with Gasteiger partial charge in [-0.15, -0.1) is 0 Å². The number of hydrogen-bond acceptors (Lipinski definition) is 2. The molecule has 0 aliphatic rings. The summed E-state index contributed by atoms with van der Waals surface area (Å²) in [5.41, 5.74) is 3.15. The highest BCUT2D eigenvalue weighted by atomic mass is 31.0. The summed E-state index contributed by atoms with van der Waals surface area (Å²) in [5.74, 6) is 0.734. The van der Waals surface area contributed by atoms with Crippen LogP contribution >= 0.6 is 9.24 Å². The van der Waals surface area contributed by atoms with Gasteiger partial charge in [-0.25, -0.2) is 0 Å². The molecule has 1 aromatic heterocycles. The van der Waals surface area contributed by atoms with Crippen molar-refractivity contribution in [3.63, 3.8) is 0 Å². The zero-order valence-electron chi connectivity index (χ0n) is 8.00. The van der Waals surface area contributed by atoms with Gasteiger partial charge in [0.2, 0.25) is 0 Å². The molecule has 0 aromatic carbocycles. The lowest BCUT2D eigenvalue weighted by molar-refractivity contribution is 0.418. The van der Waals surface area contributed by atoms with Crippen molar-refractivity contribution in [1.29, 1.82) is 0 Å². The summed E-state index contributed by atoms with van der Waals surface area (Å²) >= 11 is 0. The normalized spacial score (nSPS) is 11.8. The highest BCUT2D eigenvalue weighted by molar-refractivity contribution is 7.27. The van der Waals surface area contributed by atoms with E-state index in [1.807, 2.05) is 0 Å². The number of aromatic nitrogens is 1. The van der Waals surface area contributed by atoms with Crippen LogP contribution in [0.2, 0.25) is 0 Å². The van der Waals surface area contributed by atoms with Crippen molar-refractivity contribution in [2.24, 2.45) is 0 Å².